The summed E-state index contributed by atoms with van der Waals surface area (Å²) in [5.74, 6) is -1.96. The summed E-state index contributed by atoms with van der Waals surface area (Å²) in [4.78, 5) is 59.2. The van der Waals surface area contributed by atoms with Gasteiger partial charge in [-0.25, -0.2) is 13.8 Å². The zero-order chi connectivity index (χ0) is 29.1. The van der Waals surface area contributed by atoms with Gasteiger partial charge in [0.05, 0.1) is 0 Å². The fraction of sp³-hybridized carbons (Fsp3) is 0.273. The molecule has 41 heavy (non-hydrogen) atoms. The van der Waals surface area contributed by atoms with Crippen molar-refractivity contribution in [1.82, 2.24) is 29.3 Å². The van der Waals surface area contributed by atoms with E-state index in [0.717, 1.165) is 27.1 Å². The van der Waals surface area contributed by atoms with Crippen LogP contribution in [0, 0.1) is 0 Å². The average Bonchev–Trinajstić information content (AvgIpc) is 3.67. The van der Waals surface area contributed by atoms with Crippen LogP contribution in [0.15, 0.2) is 46.4 Å². The fourth-order valence-corrected chi connectivity index (χ4v) is 6.86. The molecule has 214 valence electrons. The number of alkyl halides is 1. The van der Waals surface area contributed by atoms with Gasteiger partial charge in [-0.3, -0.25) is 19.3 Å². The minimum Gasteiger partial charge on any atom is -0.477 e. The molecule has 0 saturated carbocycles. The molecule has 5 N–H and O–H groups in total. The van der Waals surface area contributed by atoms with Crippen molar-refractivity contribution < 1.29 is 38.1 Å². The number of rotatable bonds is 12. The molecule has 0 aliphatic carbocycles. The fourth-order valence-electron chi connectivity index (χ4n) is 4.31. The zero-order valence-corrected chi connectivity index (χ0v) is 23.2. The van der Waals surface area contributed by atoms with Crippen LogP contribution >= 0.6 is 34.6 Å². The van der Waals surface area contributed by atoms with Gasteiger partial charge >= 0.3 is 5.97 Å². The number of nitrogens with two attached hydrogens (primary N) is 1. The number of thioether (sulfide) groups is 1. The van der Waals surface area contributed by atoms with Crippen molar-refractivity contribution in [2.75, 3.05) is 18.3 Å². The van der Waals surface area contributed by atoms with E-state index in [9.17, 15) is 28.7 Å². The maximum absolute atomic E-state index is 13.0. The summed E-state index contributed by atoms with van der Waals surface area (Å²) in [6, 6.07) is -1.07. The third-order valence-electron chi connectivity index (χ3n) is 6.04. The van der Waals surface area contributed by atoms with Gasteiger partial charge < -0.3 is 26.3 Å². The number of carbonyl (C=O) groups is 4. The highest BCUT2D eigenvalue weighted by Crippen LogP contribution is 2.40. The second kappa shape index (κ2) is 12.0. The molecule has 0 aromatic carbocycles. The number of fused-ring (bicyclic) bond motifs is 2. The molecule has 3 amide bonds. The molecule has 1 saturated heterocycles. The molecule has 2 atom stereocenters. The first-order valence-electron chi connectivity index (χ1n) is 11.7. The minimum absolute atomic E-state index is 0.0375. The number of allylic oxidation sites excluding steroid dienone is 2. The highest BCUT2D eigenvalue weighted by atomic mass is 32.2. The summed E-state index contributed by atoms with van der Waals surface area (Å²) < 4.78 is 20.3. The van der Waals surface area contributed by atoms with Crippen molar-refractivity contribution >= 4 is 74.5 Å². The van der Waals surface area contributed by atoms with E-state index in [1.165, 1.54) is 23.1 Å². The quantitative estimate of drug-likeness (QED) is 0.0679. The molecular weight excluding hydrogens is 601 g/mol. The Labute approximate surface area is 242 Å². The summed E-state index contributed by atoms with van der Waals surface area (Å²) in [5.41, 5.74) is 5.31. The van der Waals surface area contributed by atoms with Crippen LogP contribution in [0.5, 0.6) is 0 Å². The molecule has 0 spiro atoms. The predicted molar refractivity (Wildman–Crippen MR) is 145 cm³/mol. The number of carboxylic acid groups (broad SMARTS) is 1. The number of nitrogen functional groups attached to an aromatic ring is 1. The number of β-lactam (4-membered cyclic amide) rings is 1. The molecule has 0 radical (unpaired) electrons. The van der Waals surface area contributed by atoms with Gasteiger partial charge in [0.25, 0.3) is 24.5 Å². The lowest BCUT2D eigenvalue weighted by Crippen LogP contribution is -2.71. The van der Waals surface area contributed by atoms with Crippen molar-refractivity contribution in [3.05, 3.63) is 52.8 Å². The highest BCUT2D eigenvalue weighted by Gasteiger charge is 2.54. The second-order valence-electron chi connectivity index (χ2n) is 8.38. The molecule has 5 heterocycles. The van der Waals surface area contributed by atoms with Crippen molar-refractivity contribution in [1.29, 1.82) is 0 Å². The van der Waals surface area contributed by atoms with Crippen LogP contribution in [-0.4, -0.2) is 77.7 Å². The summed E-state index contributed by atoms with van der Waals surface area (Å²) in [6.45, 7) is -0.622. The van der Waals surface area contributed by atoms with Crippen LogP contribution in [-0.2, 0) is 37.1 Å². The number of amides is 3. The lowest BCUT2D eigenvalue weighted by molar-refractivity contribution is -0.693. The van der Waals surface area contributed by atoms with Crippen LogP contribution in [0.2, 0.25) is 0 Å². The summed E-state index contributed by atoms with van der Waals surface area (Å²) in [6.07, 6.45) is 7.85. The summed E-state index contributed by atoms with van der Waals surface area (Å²) in [5, 5.41) is 19.8. The monoisotopic (exact) mass is 622 g/mol. The van der Waals surface area contributed by atoms with Gasteiger partial charge in [0.1, 0.15) is 42.6 Å². The maximum Gasteiger partial charge on any atom is 0.352 e. The van der Waals surface area contributed by atoms with Gasteiger partial charge in [-0.1, -0.05) is 22.6 Å². The normalized spacial score (nSPS) is 18.9. The van der Waals surface area contributed by atoms with E-state index < -0.39 is 41.8 Å². The maximum atomic E-state index is 13.0. The Hall–Kier alpha value is -4.36. The van der Waals surface area contributed by atoms with E-state index in [1.807, 2.05) is 26.7 Å². The van der Waals surface area contributed by atoms with E-state index in [2.05, 4.69) is 30.0 Å². The van der Waals surface area contributed by atoms with E-state index in [-0.39, 0.29) is 22.4 Å². The molecule has 2 aliphatic heterocycles. The average molecular weight is 623 g/mol. The number of oxime groups is 1. The van der Waals surface area contributed by atoms with Crippen molar-refractivity contribution in [2.24, 2.45) is 5.16 Å². The van der Waals surface area contributed by atoms with E-state index in [1.54, 1.807) is 12.2 Å². The SMILES string of the molecule is Nc1nc(/C(=N/OCF)C(=O)N[C@@H]2C(=O)N3C(C(=O)O)=C(/C=C/C[n+]4cc5sccn5c4CNC=O)CS[C@H]23)ns1. The smallest absolute Gasteiger partial charge is 0.352 e. The Bertz CT molecular complexity index is 1610. The topological polar surface area (TPSA) is 197 Å². The molecule has 19 heteroatoms. The predicted octanol–water partition coefficient (Wildman–Crippen LogP) is -0.389. The Morgan fingerprint density at radius 1 is 1.41 bits per heavy atom. The molecule has 5 rings (SSSR count). The number of nitrogens with zero attached hydrogens (tertiary/aromatic N) is 6. The number of nitrogens with one attached hydrogen (secondary N) is 2. The molecule has 0 unspecified atom stereocenters. The second-order valence-corrected chi connectivity index (χ2v) is 11.2. The number of carboxylic acids is 1. The largest absolute Gasteiger partial charge is 0.477 e. The molecule has 15 nitrogen and oxygen atoms in total. The van der Waals surface area contributed by atoms with Crippen LogP contribution < -0.4 is 20.9 Å². The zero-order valence-electron chi connectivity index (χ0n) is 20.8. The van der Waals surface area contributed by atoms with E-state index >= 15 is 0 Å². The van der Waals surface area contributed by atoms with Crippen LogP contribution in [0.25, 0.3) is 4.83 Å². The number of aliphatic carboxylic acids is 1. The molecular formula is C22H21FN9O6S3+. The lowest BCUT2D eigenvalue weighted by Gasteiger charge is -2.49. The van der Waals surface area contributed by atoms with Gasteiger partial charge in [0.2, 0.25) is 22.8 Å². The number of anilines is 1. The molecule has 3 aromatic heterocycles. The Morgan fingerprint density at radius 2 is 2.24 bits per heavy atom. The van der Waals surface area contributed by atoms with Crippen LogP contribution in [0.4, 0.5) is 9.52 Å². The first-order chi connectivity index (χ1) is 19.8. The van der Waals surface area contributed by atoms with Crippen molar-refractivity contribution in [3.8, 4) is 0 Å². The molecule has 2 aliphatic rings. The molecule has 1 fully saturated rings. The Morgan fingerprint density at radius 3 is 2.95 bits per heavy atom. The molecule has 3 aromatic rings. The first kappa shape index (κ1) is 28.2. The number of imidazole rings is 1. The van der Waals surface area contributed by atoms with Gasteiger partial charge in [0, 0.05) is 22.7 Å². The van der Waals surface area contributed by atoms with Gasteiger partial charge in [-0.15, -0.1) is 11.8 Å². The summed E-state index contributed by atoms with van der Waals surface area (Å²) in [7, 11) is 0. The highest BCUT2D eigenvalue weighted by molar-refractivity contribution is 8.00. The Balaban J connectivity index is 1.31. The van der Waals surface area contributed by atoms with Gasteiger partial charge in [0.15, 0.2) is 5.13 Å². The number of halogens is 1. The van der Waals surface area contributed by atoms with Crippen molar-refractivity contribution in [2.45, 2.75) is 24.5 Å². The van der Waals surface area contributed by atoms with Crippen LogP contribution in [0.3, 0.4) is 0 Å². The Kier molecular flexibility index (Phi) is 8.26. The molecule has 0 bridgehead atoms. The number of thiazole rings is 1. The standard InChI is InChI=1S/C22H20FN9O6S3/c23-9-38-28-14(17-27-22(24)41-29-17)18(34)26-15-19(35)32-16(21(36)37)11(8-40-20(15)32)2-1-3-30-7-13-31(4-5-39-13)12(30)6-25-10-33/h1-2,4-5,7,10,15,20H,3,6,8-9H2,(H4-,24,25,26,27,29,33,34,36,37)/p+1/b2-1+,28-14-/t15-,20-/m1/s1. The third kappa shape index (κ3) is 5.50. The van der Waals surface area contributed by atoms with Gasteiger partial charge in [-0.2, -0.15) is 13.8 Å². The van der Waals surface area contributed by atoms with Crippen molar-refractivity contribution in [3.63, 3.8) is 0 Å². The summed E-state index contributed by atoms with van der Waals surface area (Å²) >= 11 is 3.59. The number of carbonyl (C=O) groups excluding carboxylic acids is 3. The number of hydrogen-bond donors (Lipinski definition) is 4. The number of hydrogen-bond acceptors (Lipinski definition) is 12. The van der Waals surface area contributed by atoms with E-state index in [0.29, 0.717) is 25.1 Å². The number of aromatic nitrogens is 4. The minimum atomic E-state index is -1.31. The first-order valence-corrected chi connectivity index (χ1v) is 14.4. The lowest BCUT2D eigenvalue weighted by atomic mass is 10.0. The third-order valence-corrected chi connectivity index (χ3v) is 8.68. The van der Waals surface area contributed by atoms with E-state index in [4.69, 9.17) is 5.73 Å². The van der Waals surface area contributed by atoms with Crippen LogP contribution in [0.1, 0.15) is 11.6 Å². The van der Waals surface area contributed by atoms with Gasteiger partial charge in [-0.05, 0) is 11.6 Å².